The number of hydrogen-bond donors (Lipinski definition) is 3. The van der Waals surface area contributed by atoms with Gasteiger partial charge in [0.15, 0.2) is 0 Å². The van der Waals surface area contributed by atoms with Crippen LogP contribution in [-0.4, -0.2) is 29.6 Å². The summed E-state index contributed by atoms with van der Waals surface area (Å²) in [5.74, 6) is -0.592. The average molecular weight is 296 g/mol. The van der Waals surface area contributed by atoms with Gasteiger partial charge in [-0.2, -0.15) is 0 Å². The van der Waals surface area contributed by atoms with Crippen molar-refractivity contribution in [2.75, 3.05) is 6.54 Å². The molecule has 0 aliphatic heterocycles. The summed E-state index contributed by atoms with van der Waals surface area (Å²) in [5, 5.41) is 11.8. The van der Waals surface area contributed by atoms with Gasteiger partial charge in [-0.15, -0.1) is 0 Å². The summed E-state index contributed by atoms with van der Waals surface area (Å²) >= 11 is 0. The van der Waals surface area contributed by atoms with Crippen molar-refractivity contribution in [1.29, 1.82) is 0 Å². The summed E-state index contributed by atoms with van der Waals surface area (Å²) in [6.45, 7) is 6.92. The van der Waals surface area contributed by atoms with Crippen LogP contribution in [0.3, 0.4) is 0 Å². The second-order valence-corrected chi connectivity index (χ2v) is 6.97. The van der Waals surface area contributed by atoms with Crippen LogP contribution < -0.4 is 11.1 Å². The fourth-order valence-electron chi connectivity index (χ4n) is 2.73. The van der Waals surface area contributed by atoms with E-state index in [0.29, 0.717) is 19.4 Å². The van der Waals surface area contributed by atoms with Crippen molar-refractivity contribution in [3.8, 4) is 0 Å². The van der Waals surface area contributed by atoms with Crippen LogP contribution in [0.1, 0.15) is 46.5 Å². The molecular weight excluding hydrogens is 268 g/mol. The third-order valence-corrected chi connectivity index (χ3v) is 4.18. The van der Waals surface area contributed by atoms with E-state index in [0.717, 1.165) is 6.42 Å². The van der Waals surface area contributed by atoms with Crippen molar-refractivity contribution < 1.29 is 14.7 Å². The summed E-state index contributed by atoms with van der Waals surface area (Å²) in [7, 11) is 0. The van der Waals surface area contributed by atoms with Gasteiger partial charge < -0.3 is 16.2 Å². The first-order valence-corrected chi connectivity index (χ1v) is 7.63. The number of carbonyl (C=O) groups excluding carboxylic acids is 1. The van der Waals surface area contributed by atoms with Crippen LogP contribution in [0, 0.1) is 17.3 Å². The molecule has 3 unspecified atom stereocenters. The first kappa shape index (κ1) is 17.7. The Morgan fingerprint density at radius 3 is 2.48 bits per heavy atom. The monoisotopic (exact) mass is 296 g/mol. The highest BCUT2D eigenvalue weighted by Gasteiger charge is 2.26. The van der Waals surface area contributed by atoms with E-state index in [9.17, 15) is 9.59 Å². The van der Waals surface area contributed by atoms with Crippen molar-refractivity contribution in [3.05, 3.63) is 12.2 Å². The smallest absolute Gasteiger partial charge is 0.303 e. The molecule has 3 atom stereocenters. The minimum Gasteiger partial charge on any atom is -0.481 e. The Kier molecular flexibility index (Phi) is 6.40. The number of nitrogens with two attached hydrogens (primary N) is 1. The Balaban J connectivity index is 2.37. The second-order valence-electron chi connectivity index (χ2n) is 6.97. The number of nitrogens with one attached hydrogen (secondary N) is 1. The molecule has 0 spiro atoms. The molecule has 0 bridgehead atoms. The van der Waals surface area contributed by atoms with E-state index in [-0.39, 0.29) is 35.6 Å². The molecule has 120 valence electrons. The number of carboxylic acids is 1. The second kappa shape index (κ2) is 7.59. The predicted octanol–water partition coefficient (Wildman–Crippen LogP) is 1.92. The molecule has 0 fully saturated rings. The Morgan fingerprint density at radius 2 is 2.00 bits per heavy atom. The molecule has 1 rings (SSSR count). The van der Waals surface area contributed by atoms with Gasteiger partial charge in [0, 0.05) is 19.0 Å². The van der Waals surface area contributed by atoms with Crippen molar-refractivity contribution in [3.63, 3.8) is 0 Å². The highest BCUT2D eigenvalue weighted by molar-refractivity contribution is 5.81. The van der Waals surface area contributed by atoms with Crippen molar-refractivity contribution in [2.45, 2.75) is 52.5 Å². The van der Waals surface area contributed by atoms with E-state index in [2.05, 4.69) is 26.1 Å². The standard InChI is InChI=1S/C16H28N2O3/c1-16(2,3)12(5-7-14(19)20)8-9-18-15(21)11-4-6-13(17)10-11/h4,6,11-13H,5,7-10,17H2,1-3H3,(H,18,21)(H,19,20). The number of amides is 1. The Labute approximate surface area is 127 Å². The van der Waals surface area contributed by atoms with E-state index >= 15 is 0 Å². The topological polar surface area (TPSA) is 92.4 Å². The number of aliphatic carboxylic acids is 1. The van der Waals surface area contributed by atoms with E-state index in [1.807, 2.05) is 12.2 Å². The lowest BCUT2D eigenvalue weighted by atomic mass is 9.76. The zero-order valence-electron chi connectivity index (χ0n) is 13.3. The fourth-order valence-corrected chi connectivity index (χ4v) is 2.73. The SMILES string of the molecule is CC(C)(C)C(CCNC(=O)C1C=CC(N)C1)CCC(=O)O. The van der Waals surface area contributed by atoms with Crippen molar-refractivity contribution in [1.82, 2.24) is 5.32 Å². The number of carboxylic acid groups (broad SMARTS) is 1. The predicted molar refractivity (Wildman–Crippen MR) is 82.7 cm³/mol. The van der Waals surface area contributed by atoms with Gasteiger partial charge in [-0.3, -0.25) is 9.59 Å². The molecule has 0 radical (unpaired) electrons. The molecule has 0 saturated carbocycles. The van der Waals surface area contributed by atoms with Crippen LogP contribution in [0.4, 0.5) is 0 Å². The van der Waals surface area contributed by atoms with Crippen LogP contribution >= 0.6 is 0 Å². The van der Waals surface area contributed by atoms with Gasteiger partial charge in [0.05, 0.1) is 5.92 Å². The van der Waals surface area contributed by atoms with E-state index in [1.165, 1.54) is 0 Å². The highest BCUT2D eigenvalue weighted by atomic mass is 16.4. The number of hydrogen-bond acceptors (Lipinski definition) is 3. The average Bonchev–Trinajstić information content (AvgIpc) is 2.78. The maximum absolute atomic E-state index is 12.0. The molecule has 1 aliphatic carbocycles. The highest BCUT2D eigenvalue weighted by Crippen LogP contribution is 2.32. The van der Waals surface area contributed by atoms with Gasteiger partial charge >= 0.3 is 5.97 Å². The quantitative estimate of drug-likeness (QED) is 0.626. The Hall–Kier alpha value is -1.36. The lowest BCUT2D eigenvalue weighted by Gasteiger charge is -2.30. The van der Waals surface area contributed by atoms with Crippen molar-refractivity contribution in [2.24, 2.45) is 23.0 Å². The molecule has 0 aromatic carbocycles. The zero-order valence-corrected chi connectivity index (χ0v) is 13.3. The summed E-state index contributed by atoms with van der Waals surface area (Å²) in [6.07, 6.45) is 6.03. The molecule has 0 aromatic heterocycles. The van der Waals surface area contributed by atoms with Crippen LogP contribution in [0.5, 0.6) is 0 Å². The van der Waals surface area contributed by atoms with Gasteiger partial charge in [0.2, 0.25) is 5.91 Å². The number of carbonyl (C=O) groups is 2. The van der Waals surface area contributed by atoms with Gasteiger partial charge in [-0.25, -0.2) is 0 Å². The minimum atomic E-state index is -0.765. The molecular formula is C16H28N2O3. The Morgan fingerprint density at radius 1 is 1.33 bits per heavy atom. The summed E-state index contributed by atoms with van der Waals surface area (Å²) < 4.78 is 0. The Bertz CT molecular complexity index is 399. The molecule has 1 aliphatic rings. The van der Waals surface area contributed by atoms with Gasteiger partial charge in [0.1, 0.15) is 0 Å². The minimum absolute atomic E-state index is 0.0151. The van der Waals surface area contributed by atoms with Gasteiger partial charge in [-0.1, -0.05) is 32.9 Å². The maximum Gasteiger partial charge on any atom is 0.303 e. The van der Waals surface area contributed by atoms with Crippen LogP contribution in [0.2, 0.25) is 0 Å². The molecule has 0 aromatic rings. The summed E-state index contributed by atoms with van der Waals surface area (Å²) in [4.78, 5) is 22.7. The first-order chi connectivity index (χ1) is 9.70. The van der Waals surface area contributed by atoms with Crippen LogP contribution in [0.25, 0.3) is 0 Å². The molecule has 21 heavy (non-hydrogen) atoms. The summed E-state index contributed by atoms with van der Waals surface area (Å²) in [5.41, 5.74) is 5.78. The molecule has 5 heteroatoms. The molecule has 0 heterocycles. The van der Waals surface area contributed by atoms with Crippen molar-refractivity contribution >= 4 is 11.9 Å². The van der Waals surface area contributed by atoms with E-state index in [1.54, 1.807) is 0 Å². The first-order valence-electron chi connectivity index (χ1n) is 7.63. The molecule has 5 nitrogen and oxygen atoms in total. The normalized spacial score (nSPS) is 23.0. The van der Waals surface area contributed by atoms with Crippen LogP contribution in [-0.2, 0) is 9.59 Å². The summed E-state index contributed by atoms with van der Waals surface area (Å²) in [6, 6.07) is -0.0151. The zero-order chi connectivity index (χ0) is 16.0. The van der Waals surface area contributed by atoms with Gasteiger partial charge in [0.25, 0.3) is 0 Å². The van der Waals surface area contributed by atoms with Gasteiger partial charge in [-0.05, 0) is 30.6 Å². The number of rotatable bonds is 7. The third-order valence-electron chi connectivity index (χ3n) is 4.18. The third kappa shape index (κ3) is 6.29. The lowest BCUT2D eigenvalue weighted by molar-refractivity contribution is -0.137. The fraction of sp³-hybridized carbons (Fsp3) is 0.750. The van der Waals surface area contributed by atoms with E-state index < -0.39 is 5.97 Å². The lowest BCUT2D eigenvalue weighted by Crippen LogP contribution is -2.33. The largest absolute Gasteiger partial charge is 0.481 e. The molecule has 1 amide bonds. The van der Waals surface area contributed by atoms with E-state index in [4.69, 9.17) is 10.8 Å². The molecule has 0 saturated heterocycles. The van der Waals surface area contributed by atoms with Crippen LogP contribution in [0.15, 0.2) is 12.2 Å². The molecule has 4 N–H and O–H groups in total. The maximum atomic E-state index is 12.0.